The maximum Gasteiger partial charge on any atom is 0.171 e. The molecular formula is C27H30N2O2. The van der Waals surface area contributed by atoms with Gasteiger partial charge in [0.25, 0.3) is 0 Å². The van der Waals surface area contributed by atoms with Crippen LogP contribution in [0.4, 0.5) is 0 Å². The van der Waals surface area contributed by atoms with Crippen LogP contribution in [0, 0.1) is 11.8 Å². The lowest BCUT2D eigenvalue weighted by Crippen LogP contribution is -2.56. The molecule has 1 aliphatic heterocycles. The van der Waals surface area contributed by atoms with E-state index in [1.165, 1.54) is 22.4 Å². The number of benzene rings is 2. The quantitative estimate of drug-likeness (QED) is 0.608. The van der Waals surface area contributed by atoms with Crippen molar-refractivity contribution in [3.8, 4) is 0 Å². The van der Waals surface area contributed by atoms with Gasteiger partial charge in [-0.05, 0) is 41.9 Å². The summed E-state index contributed by atoms with van der Waals surface area (Å²) in [6.07, 6.45) is 6.45. The first-order chi connectivity index (χ1) is 15.2. The van der Waals surface area contributed by atoms with Gasteiger partial charge in [-0.3, -0.25) is 4.68 Å². The van der Waals surface area contributed by atoms with Crippen molar-refractivity contribution in [2.24, 2.45) is 11.8 Å². The summed E-state index contributed by atoms with van der Waals surface area (Å²) in [5, 5.41) is 5.26. The van der Waals surface area contributed by atoms with Crippen LogP contribution in [0.2, 0.25) is 0 Å². The number of fused-ring (bicyclic) bond motifs is 3. The minimum Gasteiger partial charge on any atom is -0.347 e. The first kappa shape index (κ1) is 19.3. The second kappa shape index (κ2) is 7.32. The minimum atomic E-state index is -0.410. The van der Waals surface area contributed by atoms with Crippen molar-refractivity contribution in [2.45, 2.75) is 50.4 Å². The summed E-state index contributed by atoms with van der Waals surface area (Å²) < 4.78 is 14.7. The van der Waals surface area contributed by atoms with E-state index >= 15 is 0 Å². The van der Waals surface area contributed by atoms with Gasteiger partial charge < -0.3 is 9.47 Å². The molecule has 4 heteroatoms. The summed E-state index contributed by atoms with van der Waals surface area (Å²) >= 11 is 0. The Morgan fingerprint density at radius 3 is 2.42 bits per heavy atom. The van der Waals surface area contributed by atoms with Gasteiger partial charge in [0.1, 0.15) is 0 Å². The second-order valence-corrected chi connectivity index (χ2v) is 9.47. The van der Waals surface area contributed by atoms with Crippen LogP contribution >= 0.6 is 0 Å². The van der Waals surface area contributed by atoms with Crippen LogP contribution in [-0.4, -0.2) is 28.8 Å². The van der Waals surface area contributed by atoms with Gasteiger partial charge in [-0.15, -0.1) is 0 Å². The van der Waals surface area contributed by atoms with Crippen molar-refractivity contribution in [2.75, 3.05) is 13.2 Å². The highest BCUT2D eigenvalue weighted by Crippen LogP contribution is 2.59. The second-order valence-electron chi connectivity index (χ2n) is 9.47. The largest absolute Gasteiger partial charge is 0.347 e. The summed E-state index contributed by atoms with van der Waals surface area (Å²) in [6, 6.07) is 21.7. The van der Waals surface area contributed by atoms with Crippen LogP contribution in [0.25, 0.3) is 0 Å². The fourth-order valence-electron chi connectivity index (χ4n) is 6.60. The third-order valence-electron chi connectivity index (χ3n) is 8.04. The van der Waals surface area contributed by atoms with E-state index < -0.39 is 5.79 Å². The van der Waals surface area contributed by atoms with Gasteiger partial charge in [-0.1, -0.05) is 67.6 Å². The van der Waals surface area contributed by atoms with Crippen molar-refractivity contribution in [1.82, 2.24) is 9.78 Å². The zero-order valence-electron chi connectivity index (χ0n) is 18.2. The predicted octanol–water partition coefficient (Wildman–Crippen LogP) is 4.95. The zero-order chi connectivity index (χ0) is 20.9. The number of ether oxygens (including phenoxy) is 2. The van der Waals surface area contributed by atoms with Crippen LogP contribution in [-0.2, 0) is 27.9 Å². The summed E-state index contributed by atoms with van der Waals surface area (Å²) in [7, 11) is 0. The number of hydrogen-bond acceptors (Lipinski definition) is 3. The van der Waals surface area contributed by atoms with Gasteiger partial charge in [0, 0.05) is 24.0 Å². The van der Waals surface area contributed by atoms with E-state index in [0.717, 1.165) is 32.2 Å². The Morgan fingerprint density at radius 1 is 0.968 bits per heavy atom. The maximum atomic E-state index is 6.25. The average molecular weight is 415 g/mol. The monoisotopic (exact) mass is 414 g/mol. The van der Waals surface area contributed by atoms with Crippen LogP contribution in [0.5, 0.6) is 0 Å². The molecule has 160 valence electrons. The Bertz CT molecular complexity index is 1060. The minimum absolute atomic E-state index is 0.0727. The van der Waals surface area contributed by atoms with E-state index in [2.05, 4.69) is 78.5 Å². The molecular weight excluding hydrogens is 384 g/mol. The number of aryl methyl sites for hydroxylation is 1. The lowest BCUT2D eigenvalue weighted by Gasteiger charge is -2.55. The molecule has 1 saturated heterocycles. The fraction of sp³-hybridized carbons (Fsp3) is 0.444. The van der Waals surface area contributed by atoms with Crippen molar-refractivity contribution in [1.29, 1.82) is 0 Å². The van der Waals surface area contributed by atoms with E-state index in [9.17, 15) is 0 Å². The Labute approximate surface area is 184 Å². The lowest BCUT2D eigenvalue weighted by atomic mass is 9.52. The Kier molecular flexibility index (Phi) is 4.55. The molecule has 0 amide bonds. The number of rotatable bonds is 3. The topological polar surface area (TPSA) is 36.3 Å². The van der Waals surface area contributed by atoms with E-state index in [-0.39, 0.29) is 5.41 Å². The predicted molar refractivity (Wildman–Crippen MR) is 120 cm³/mol. The van der Waals surface area contributed by atoms with Crippen molar-refractivity contribution >= 4 is 0 Å². The summed E-state index contributed by atoms with van der Waals surface area (Å²) in [4.78, 5) is 0. The molecule has 0 N–H and O–H groups in total. The highest BCUT2D eigenvalue weighted by Gasteiger charge is 2.60. The normalized spacial score (nSPS) is 28.9. The molecule has 0 bridgehead atoms. The summed E-state index contributed by atoms with van der Waals surface area (Å²) in [5.41, 5.74) is 5.30. The lowest BCUT2D eigenvalue weighted by molar-refractivity contribution is -0.232. The Morgan fingerprint density at radius 2 is 1.68 bits per heavy atom. The van der Waals surface area contributed by atoms with Gasteiger partial charge in [0.15, 0.2) is 5.79 Å². The van der Waals surface area contributed by atoms with E-state index in [1.807, 2.05) is 0 Å². The molecule has 0 radical (unpaired) electrons. The third-order valence-corrected chi connectivity index (χ3v) is 8.04. The molecule has 6 rings (SSSR count). The van der Waals surface area contributed by atoms with Crippen molar-refractivity contribution in [3.05, 3.63) is 89.2 Å². The Hall–Kier alpha value is -2.43. The van der Waals surface area contributed by atoms with Crippen LogP contribution in [0.3, 0.4) is 0 Å². The standard InChI is InChI=1S/C27H30N2O2/c1-20-24-13-12-22-19-29(18-21-8-4-2-5-9-21)28-25(22)26(24,23-10-6-3-7-11-23)14-15-27(20)30-16-17-31-27/h2-11,19-20,24H,12-18H2,1H3/t20-,24-,26+/m0/s1. The highest BCUT2D eigenvalue weighted by atomic mass is 16.7. The zero-order valence-corrected chi connectivity index (χ0v) is 18.2. The molecule has 31 heavy (non-hydrogen) atoms. The molecule has 1 saturated carbocycles. The molecule has 2 heterocycles. The van der Waals surface area contributed by atoms with Gasteiger partial charge in [0.05, 0.1) is 25.5 Å². The smallest absolute Gasteiger partial charge is 0.171 e. The number of nitrogens with zero attached hydrogens (tertiary/aromatic N) is 2. The molecule has 4 nitrogen and oxygen atoms in total. The van der Waals surface area contributed by atoms with Crippen molar-refractivity contribution < 1.29 is 9.47 Å². The molecule has 2 fully saturated rings. The number of aromatic nitrogens is 2. The molecule has 1 aromatic heterocycles. The van der Waals surface area contributed by atoms with Crippen LogP contribution in [0.15, 0.2) is 66.9 Å². The van der Waals surface area contributed by atoms with E-state index in [1.54, 1.807) is 0 Å². The van der Waals surface area contributed by atoms with Gasteiger partial charge in [-0.2, -0.15) is 5.10 Å². The SMILES string of the molecule is C[C@H]1[C@@H]2CCc3cn(Cc4ccccc4)nc3[C@@]2(c2ccccc2)CCC12OCCO2. The molecule has 3 atom stereocenters. The highest BCUT2D eigenvalue weighted by molar-refractivity contribution is 5.44. The molecule has 1 spiro atoms. The van der Waals surface area contributed by atoms with Crippen molar-refractivity contribution in [3.63, 3.8) is 0 Å². The van der Waals surface area contributed by atoms with Gasteiger partial charge in [0.2, 0.25) is 0 Å². The first-order valence-corrected chi connectivity index (χ1v) is 11.7. The van der Waals surface area contributed by atoms with Crippen LogP contribution < -0.4 is 0 Å². The molecule has 2 aromatic carbocycles. The molecule has 0 unspecified atom stereocenters. The van der Waals surface area contributed by atoms with Gasteiger partial charge in [-0.25, -0.2) is 0 Å². The van der Waals surface area contributed by atoms with E-state index in [0.29, 0.717) is 25.0 Å². The summed E-state index contributed by atoms with van der Waals surface area (Å²) in [5.74, 6) is 0.373. The molecule has 2 aliphatic carbocycles. The average Bonchev–Trinajstić information content (AvgIpc) is 3.45. The van der Waals surface area contributed by atoms with Gasteiger partial charge >= 0.3 is 0 Å². The first-order valence-electron chi connectivity index (χ1n) is 11.7. The summed E-state index contributed by atoms with van der Waals surface area (Å²) in [6.45, 7) is 4.59. The molecule has 3 aromatic rings. The Balaban J connectivity index is 1.45. The van der Waals surface area contributed by atoms with E-state index in [4.69, 9.17) is 14.6 Å². The third kappa shape index (κ3) is 2.92. The molecule has 3 aliphatic rings. The van der Waals surface area contributed by atoms with Crippen LogP contribution in [0.1, 0.15) is 48.6 Å². The fourth-order valence-corrected chi connectivity index (χ4v) is 6.60. The number of hydrogen-bond donors (Lipinski definition) is 0. The maximum absolute atomic E-state index is 6.25.